The van der Waals surface area contributed by atoms with Crippen molar-refractivity contribution >= 4 is 0 Å². The van der Waals surface area contributed by atoms with Crippen LogP contribution in [0, 0.1) is 11.8 Å². The van der Waals surface area contributed by atoms with Crippen LogP contribution in [0.15, 0.2) is 0 Å². The van der Waals surface area contributed by atoms with E-state index in [0.29, 0.717) is 19.3 Å². The Bertz CT molecular complexity index is 168. The van der Waals surface area contributed by atoms with Crippen LogP contribution in [-0.2, 0) is 0 Å². The third-order valence-electron chi connectivity index (χ3n) is 1.94. The number of alkyl halides is 1. The molecule has 1 atom stereocenters. The average molecular weight is 171 g/mol. The highest BCUT2D eigenvalue weighted by Crippen LogP contribution is 2.22. The molecule has 0 bridgehead atoms. The first-order valence-corrected chi connectivity index (χ1v) is 4.47. The molecule has 0 spiro atoms. The minimum atomic E-state index is -1.18. The van der Waals surface area contributed by atoms with Gasteiger partial charge in [0.2, 0.25) is 0 Å². The fourth-order valence-electron chi connectivity index (χ4n) is 1.19. The van der Waals surface area contributed by atoms with Crippen LogP contribution in [-0.4, -0.2) is 12.2 Å². The van der Waals surface area contributed by atoms with E-state index in [4.69, 9.17) is 5.73 Å². The summed E-state index contributed by atoms with van der Waals surface area (Å²) in [4.78, 5) is 0. The zero-order valence-electron chi connectivity index (χ0n) is 7.99. The van der Waals surface area contributed by atoms with Crippen molar-refractivity contribution in [1.29, 1.82) is 0 Å². The summed E-state index contributed by atoms with van der Waals surface area (Å²) in [7, 11) is 0. The number of halogens is 1. The van der Waals surface area contributed by atoms with E-state index in [1.165, 1.54) is 0 Å². The zero-order chi connectivity index (χ0) is 9.45. The average Bonchev–Trinajstić information content (AvgIpc) is 2.06. The lowest BCUT2D eigenvalue weighted by molar-refractivity contribution is 0.147. The van der Waals surface area contributed by atoms with Crippen molar-refractivity contribution in [2.75, 3.05) is 6.54 Å². The van der Waals surface area contributed by atoms with Gasteiger partial charge in [-0.05, 0) is 19.8 Å². The van der Waals surface area contributed by atoms with Gasteiger partial charge in [0.05, 0.1) is 0 Å². The Kier molecular flexibility index (Phi) is 5.74. The lowest BCUT2D eigenvalue weighted by Gasteiger charge is -2.21. The highest BCUT2D eigenvalue weighted by molar-refractivity contribution is 4.97. The Morgan fingerprint density at radius 3 is 2.50 bits per heavy atom. The number of nitrogens with two attached hydrogens (primary N) is 1. The topological polar surface area (TPSA) is 26.0 Å². The molecule has 0 saturated heterocycles. The number of hydrogen-bond acceptors (Lipinski definition) is 1. The number of rotatable bonds is 5. The summed E-state index contributed by atoms with van der Waals surface area (Å²) >= 11 is 0. The first-order valence-electron chi connectivity index (χ1n) is 4.47. The largest absolute Gasteiger partial charge is 0.328 e. The molecule has 0 heterocycles. The van der Waals surface area contributed by atoms with Crippen molar-refractivity contribution in [3.63, 3.8) is 0 Å². The monoisotopic (exact) mass is 171 g/mol. The third-order valence-corrected chi connectivity index (χ3v) is 1.94. The van der Waals surface area contributed by atoms with Crippen molar-refractivity contribution < 1.29 is 4.39 Å². The molecule has 0 aromatic heterocycles. The van der Waals surface area contributed by atoms with Crippen LogP contribution in [0.5, 0.6) is 0 Å². The van der Waals surface area contributed by atoms with Crippen LogP contribution in [0.4, 0.5) is 4.39 Å². The van der Waals surface area contributed by atoms with Crippen LogP contribution >= 0.6 is 0 Å². The minimum absolute atomic E-state index is 0.117. The van der Waals surface area contributed by atoms with Gasteiger partial charge in [-0.15, -0.1) is 11.8 Å². The smallest absolute Gasteiger partial charge is 0.124 e. The molecule has 0 radical (unpaired) electrons. The van der Waals surface area contributed by atoms with Crippen LogP contribution < -0.4 is 5.73 Å². The molecular formula is C10H18FN. The van der Waals surface area contributed by atoms with Gasteiger partial charge in [0.25, 0.3) is 0 Å². The van der Waals surface area contributed by atoms with E-state index in [1.54, 1.807) is 6.92 Å². The van der Waals surface area contributed by atoms with Crippen molar-refractivity contribution in [2.24, 2.45) is 5.73 Å². The first kappa shape index (κ1) is 11.4. The van der Waals surface area contributed by atoms with E-state index in [1.807, 2.05) is 6.92 Å². The summed E-state index contributed by atoms with van der Waals surface area (Å²) in [6.45, 7) is 3.85. The fourth-order valence-corrected chi connectivity index (χ4v) is 1.19. The van der Waals surface area contributed by atoms with Gasteiger partial charge in [0.15, 0.2) is 0 Å². The zero-order valence-corrected chi connectivity index (χ0v) is 7.99. The van der Waals surface area contributed by atoms with Crippen molar-refractivity contribution in [3.8, 4) is 11.8 Å². The molecule has 0 rings (SSSR count). The van der Waals surface area contributed by atoms with Crippen LogP contribution in [0.2, 0.25) is 0 Å². The minimum Gasteiger partial charge on any atom is -0.328 e. The molecule has 2 N–H and O–H groups in total. The fraction of sp³-hybridized carbons (Fsp3) is 0.800. The molecule has 0 aliphatic heterocycles. The molecule has 0 amide bonds. The number of hydrogen-bond donors (Lipinski definition) is 1. The lowest BCUT2D eigenvalue weighted by Crippen LogP contribution is -2.32. The van der Waals surface area contributed by atoms with E-state index in [2.05, 4.69) is 11.8 Å². The van der Waals surface area contributed by atoms with Crippen molar-refractivity contribution in [1.82, 2.24) is 0 Å². The molecule has 0 fully saturated rings. The van der Waals surface area contributed by atoms with Gasteiger partial charge in [0, 0.05) is 13.0 Å². The lowest BCUT2D eigenvalue weighted by atomic mass is 9.95. The van der Waals surface area contributed by atoms with Gasteiger partial charge >= 0.3 is 0 Å². The molecular weight excluding hydrogens is 153 g/mol. The molecule has 0 aromatic rings. The van der Waals surface area contributed by atoms with Crippen molar-refractivity contribution in [2.45, 2.75) is 45.2 Å². The third kappa shape index (κ3) is 4.35. The van der Waals surface area contributed by atoms with Gasteiger partial charge in [-0.2, -0.15) is 0 Å². The first-order chi connectivity index (χ1) is 5.68. The molecule has 1 nitrogen and oxygen atoms in total. The summed E-state index contributed by atoms with van der Waals surface area (Å²) in [5.41, 5.74) is 4.17. The Balaban J connectivity index is 3.83. The molecule has 0 aliphatic rings. The van der Waals surface area contributed by atoms with Crippen LogP contribution in [0.25, 0.3) is 0 Å². The summed E-state index contributed by atoms with van der Waals surface area (Å²) < 4.78 is 13.7. The molecule has 0 aliphatic carbocycles. The maximum Gasteiger partial charge on any atom is 0.124 e. The predicted molar refractivity (Wildman–Crippen MR) is 50.5 cm³/mol. The standard InChI is InChI=1S/C10H18FN/c1-3-5-6-8-10(11,9-12)7-4-2/h4,6-9,12H2,1-2H3. The highest BCUT2D eigenvalue weighted by atomic mass is 19.1. The normalized spacial score (nSPS) is 14.7. The summed E-state index contributed by atoms with van der Waals surface area (Å²) in [5, 5.41) is 0. The summed E-state index contributed by atoms with van der Waals surface area (Å²) in [5.74, 6) is 5.60. The Hall–Kier alpha value is -0.550. The van der Waals surface area contributed by atoms with Gasteiger partial charge in [-0.3, -0.25) is 0 Å². The Morgan fingerprint density at radius 1 is 1.42 bits per heavy atom. The van der Waals surface area contributed by atoms with Gasteiger partial charge < -0.3 is 5.73 Å². The molecule has 0 aromatic carbocycles. The van der Waals surface area contributed by atoms with Gasteiger partial charge in [-0.1, -0.05) is 13.3 Å². The van der Waals surface area contributed by atoms with Gasteiger partial charge in [0.1, 0.15) is 5.67 Å². The van der Waals surface area contributed by atoms with Crippen LogP contribution in [0.3, 0.4) is 0 Å². The maximum absolute atomic E-state index is 13.7. The Morgan fingerprint density at radius 2 is 2.08 bits per heavy atom. The second-order valence-electron chi connectivity index (χ2n) is 3.03. The maximum atomic E-state index is 13.7. The molecule has 0 saturated carbocycles. The van der Waals surface area contributed by atoms with E-state index < -0.39 is 5.67 Å². The highest BCUT2D eigenvalue weighted by Gasteiger charge is 2.25. The van der Waals surface area contributed by atoms with E-state index >= 15 is 0 Å². The van der Waals surface area contributed by atoms with Crippen LogP contribution in [0.1, 0.15) is 39.5 Å². The van der Waals surface area contributed by atoms with Gasteiger partial charge in [-0.25, -0.2) is 4.39 Å². The molecule has 70 valence electrons. The summed E-state index contributed by atoms with van der Waals surface area (Å²) in [6.07, 6.45) is 2.48. The molecule has 12 heavy (non-hydrogen) atoms. The quantitative estimate of drug-likeness (QED) is 0.631. The van der Waals surface area contributed by atoms with E-state index in [0.717, 1.165) is 6.42 Å². The summed E-state index contributed by atoms with van der Waals surface area (Å²) in [6, 6.07) is 0. The van der Waals surface area contributed by atoms with E-state index in [9.17, 15) is 4.39 Å². The SMILES string of the molecule is CC#CCCC(F)(CN)CCC. The Labute approximate surface area is 74.5 Å². The second kappa shape index (κ2) is 6.02. The molecule has 1 unspecified atom stereocenters. The second-order valence-corrected chi connectivity index (χ2v) is 3.03. The van der Waals surface area contributed by atoms with Crippen molar-refractivity contribution in [3.05, 3.63) is 0 Å². The predicted octanol–water partition coefficient (Wildman–Crippen LogP) is 2.26. The molecule has 2 heteroatoms. The van der Waals surface area contributed by atoms with E-state index in [-0.39, 0.29) is 6.54 Å².